The standard InChI is InChI=1S/C21H26N2O3S2/c1-3-13-28(25,26)23-12-11-16-9-10-18(14-17(16)15-23)22-21(24)19-7-5-6-8-20(19)27-4-2/h5-10,14H,3-4,11-13,15H2,1-2H3,(H,22,24). The SMILES string of the molecule is CCCS(=O)(=O)N1CCc2ccc(NC(=O)c3ccccc3SCC)cc2C1. The maximum absolute atomic E-state index is 12.8. The number of benzene rings is 2. The van der Waals surface area contributed by atoms with Gasteiger partial charge in [0.05, 0.1) is 11.3 Å². The van der Waals surface area contributed by atoms with Crippen LogP contribution in [0.25, 0.3) is 0 Å². The third kappa shape index (κ3) is 4.77. The molecule has 7 heteroatoms. The first-order valence-corrected chi connectivity index (χ1v) is 12.2. The Balaban J connectivity index is 1.78. The van der Waals surface area contributed by atoms with Crippen molar-refractivity contribution in [3.05, 3.63) is 59.2 Å². The number of hydrogen-bond acceptors (Lipinski definition) is 4. The van der Waals surface area contributed by atoms with E-state index in [4.69, 9.17) is 0 Å². The van der Waals surface area contributed by atoms with Crippen molar-refractivity contribution < 1.29 is 13.2 Å². The number of carbonyl (C=O) groups is 1. The predicted octanol–water partition coefficient (Wildman–Crippen LogP) is 4.15. The second kappa shape index (κ2) is 9.11. The largest absolute Gasteiger partial charge is 0.322 e. The van der Waals surface area contributed by atoms with Gasteiger partial charge in [-0.1, -0.05) is 32.0 Å². The van der Waals surface area contributed by atoms with Crippen molar-refractivity contribution in [3.8, 4) is 0 Å². The predicted molar refractivity (Wildman–Crippen MR) is 115 cm³/mol. The summed E-state index contributed by atoms with van der Waals surface area (Å²) in [6.45, 7) is 4.81. The van der Waals surface area contributed by atoms with Gasteiger partial charge in [-0.3, -0.25) is 4.79 Å². The van der Waals surface area contributed by atoms with Crippen molar-refractivity contribution in [1.82, 2.24) is 4.31 Å². The molecule has 1 amide bonds. The van der Waals surface area contributed by atoms with Crippen LogP contribution in [-0.2, 0) is 23.0 Å². The maximum Gasteiger partial charge on any atom is 0.256 e. The highest BCUT2D eigenvalue weighted by Gasteiger charge is 2.26. The Labute approximate surface area is 171 Å². The fourth-order valence-corrected chi connectivity index (χ4v) is 5.65. The number of amides is 1. The summed E-state index contributed by atoms with van der Waals surface area (Å²) in [7, 11) is -3.22. The molecule has 0 radical (unpaired) electrons. The minimum atomic E-state index is -3.22. The van der Waals surface area contributed by atoms with E-state index in [-0.39, 0.29) is 11.7 Å². The van der Waals surface area contributed by atoms with Crippen molar-refractivity contribution in [2.45, 2.75) is 38.1 Å². The zero-order chi connectivity index (χ0) is 20.1. The highest BCUT2D eigenvalue weighted by atomic mass is 32.2. The number of anilines is 1. The molecule has 0 bridgehead atoms. The molecule has 0 aromatic heterocycles. The zero-order valence-electron chi connectivity index (χ0n) is 16.3. The highest BCUT2D eigenvalue weighted by Crippen LogP contribution is 2.26. The minimum absolute atomic E-state index is 0.150. The van der Waals surface area contributed by atoms with Crippen LogP contribution in [0, 0.1) is 0 Å². The molecule has 1 aliphatic heterocycles. The molecule has 2 aromatic carbocycles. The number of carbonyl (C=O) groups excluding carboxylic acids is 1. The summed E-state index contributed by atoms with van der Waals surface area (Å²) < 4.78 is 26.3. The third-order valence-electron chi connectivity index (χ3n) is 4.73. The van der Waals surface area contributed by atoms with Crippen molar-refractivity contribution in [2.75, 3.05) is 23.4 Å². The number of fused-ring (bicyclic) bond motifs is 1. The summed E-state index contributed by atoms with van der Waals surface area (Å²) in [5.41, 5.74) is 3.44. The second-order valence-electron chi connectivity index (χ2n) is 6.77. The first kappa shape index (κ1) is 20.9. The van der Waals surface area contributed by atoms with E-state index in [1.807, 2.05) is 49.4 Å². The molecule has 2 aromatic rings. The van der Waals surface area contributed by atoms with Gasteiger partial charge in [-0.15, -0.1) is 11.8 Å². The topological polar surface area (TPSA) is 66.5 Å². The Morgan fingerprint density at radius 1 is 1.14 bits per heavy atom. The maximum atomic E-state index is 12.8. The lowest BCUT2D eigenvalue weighted by atomic mass is 10.0. The van der Waals surface area contributed by atoms with Gasteiger partial charge in [0, 0.05) is 23.7 Å². The van der Waals surface area contributed by atoms with Gasteiger partial charge in [0.2, 0.25) is 10.0 Å². The van der Waals surface area contributed by atoms with Gasteiger partial charge in [-0.05, 0) is 54.0 Å². The van der Waals surface area contributed by atoms with Crippen LogP contribution < -0.4 is 5.32 Å². The quantitative estimate of drug-likeness (QED) is 0.686. The number of thioether (sulfide) groups is 1. The van der Waals surface area contributed by atoms with Gasteiger partial charge in [0.1, 0.15) is 0 Å². The highest BCUT2D eigenvalue weighted by molar-refractivity contribution is 7.99. The van der Waals surface area contributed by atoms with Gasteiger partial charge in [0.25, 0.3) is 5.91 Å². The van der Waals surface area contributed by atoms with Crippen LogP contribution in [0.1, 0.15) is 41.8 Å². The van der Waals surface area contributed by atoms with Crippen LogP contribution in [0.15, 0.2) is 47.4 Å². The number of nitrogens with zero attached hydrogens (tertiary/aromatic N) is 1. The van der Waals surface area contributed by atoms with E-state index in [9.17, 15) is 13.2 Å². The molecule has 1 aliphatic rings. The van der Waals surface area contributed by atoms with Crippen LogP contribution in [0.4, 0.5) is 5.69 Å². The summed E-state index contributed by atoms with van der Waals surface area (Å²) in [4.78, 5) is 13.7. The van der Waals surface area contributed by atoms with E-state index >= 15 is 0 Å². The summed E-state index contributed by atoms with van der Waals surface area (Å²) >= 11 is 1.64. The molecule has 0 unspecified atom stereocenters. The molecular weight excluding hydrogens is 392 g/mol. The monoisotopic (exact) mass is 418 g/mol. The number of hydrogen-bond donors (Lipinski definition) is 1. The zero-order valence-corrected chi connectivity index (χ0v) is 17.9. The molecule has 0 saturated heterocycles. The van der Waals surface area contributed by atoms with E-state index in [0.717, 1.165) is 21.8 Å². The van der Waals surface area contributed by atoms with Gasteiger partial charge >= 0.3 is 0 Å². The second-order valence-corrected chi connectivity index (χ2v) is 10.2. The lowest BCUT2D eigenvalue weighted by Crippen LogP contribution is -2.37. The fourth-order valence-electron chi connectivity index (χ4n) is 3.37. The summed E-state index contributed by atoms with van der Waals surface area (Å²) in [6.07, 6.45) is 1.31. The normalized spacial score (nSPS) is 14.5. The first-order valence-electron chi connectivity index (χ1n) is 9.57. The van der Waals surface area contributed by atoms with E-state index in [2.05, 4.69) is 12.2 Å². The lowest BCUT2D eigenvalue weighted by Gasteiger charge is -2.28. The number of rotatable bonds is 7. The summed E-state index contributed by atoms with van der Waals surface area (Å²) in [5, 5.41) is 2.97. The van der Waals surface area contributed by atoms with Crippen LogP contribution in [0.5, 0.6) is 0 Å². The minimum Gasteiger partial charge on any atom is -0.322 e. The molecule has 0 saturated carbocycles. The van der Waals surface area contributed by atoms with Crippen LogP contribution in [-0.4, -0.2) is 36.7 Å². The van der Waals surface area contributed by atoms with Crippen molar-refractivity contribution in [1.29, 1.82) is 0 Å². The van der Waals surface area contributed by atoms with Crippen molar-refractivity contribution >= 4 is 33.4 Å². The molecule has 150 valence electrons. The molecular formula is C21H26N2O3S2. The van der Waals surface area contributed by atoms with Crippen LogP contribution >= 0.6 is 11.8 Å². The van der Waals surface area contributed by atoms with E-state index in [0.29, 0.717) is 37.2 Å². The van der Waals surface area contributed by atoms with Crippen molar-refractivity contribution in [2.24, 2.45) is 0 Å². The van der Waals surface area contributed by atoms with Gasteiger partial charge < -0.3 is 5.32 Å². The van der Waals surface area contributed by atoms with Gasteiger partial charge in [-0.25, -0.2) is 8.42 Å². The Morgan fingerprint density at radius 2 is 1.93 bits per heavy atom. The average Bonchev–Trinajstić information content (AvgIpc) is 2.68. The summed E-state index contributed by atoms with van der Waals surface area (Å²) in [6, 6.07) is 13.3. The summed E-state index contributed by atoms with van der Waals surface area (Å²) in [5.74, 6) is 0.915. The molecule has 0 atom stereocenters. The Morgan fingerprint density at radius 3 is 2.68 bits per heavy atom. The fraction of sp³-hybridized carbons (Fsp3) is 0.381. The molecule has 0 aliphatic carbocycles. The Kier molecular flexibility index (Phi) is 6.80. The van der Waals surface area contributed by atoms with Crippen LogP contribution in [0.3, 0.4) is 0 Å². The molecule has 0 spiro atoms. The molecule has 1 N–H and O–H groups in total. The molecule has 1 heterocycles. The van der Waals surface area contributed by atoms with Crippen LogP contribution in [0.2, 0.25) is 0 Å². The van der Waals surface area contributed by atoms with E-state index < -0.39 is 10.0 Å². The van der Waals surface area contributed by atoms with E-state index in [1.165, 1.54) is 0 Å². The first-order chi connectivity index (χ1) is 13.4. The lowest BCUT2D eigenvalue weighted by molar-refractivity contribution is 0.102. The number of sulfonamides is 1. The molecule has 5 nitrogen and oxygen atoms in total. The molecule has 28 heavy (non-hydrogen) atoms. The smallest absolute Gasteiger partial charge is 0.256 e. The average molecular weight is 419 g/mol. The number of nitrogens with one attached hydrogen (secondary N) is 1. The van der Waals surface area contributed by atoms with E-state index in [1.54, 1.807) is 16.1 Å². The van der Waals surface area contributed by atoms with Gasteiger partial charge in [0.15, 0.2) is 0 Å². The molecule has 0 fully saturated rings. The van der Waals surface area contributed by atoms with Gasteiger partial charge in [-0.2, -0.15) is 4.31 Å². The Bertz CT molecular complexity index is 958. The molecule has 3 rings (SSSR count). The third-order valence-corrected chi connectivity index (χ3v) is 7.71. The van der Waals surface area contributed by atoms with Crippen molar-refractivity contribution in [3.63, 3.8) is 0 Å². The Hall–Kier alpha value is -1.83.